The summed E-state index contributed by atoms with van der Waals surface area (Å²) < 4.78 is 10.5. The van der Waals surface area contributed by atoms with Crippen LogP contribution in [0.3, 0.4) is 0 Å². The van der Waals surface area contributed by atoms with E-state index in [0.29, 0.717) is 31.9 Å². The molecule has 2 aromatic carbocycles. The lowest BCUT2D eigenvalue weighted by Gasteiger charge is -2.16. The van der Waals surface area contributed by atoms with Crippen molar-refractivity contribution in [2.75, 3.05) is 7.11 Å². The lowest BCUT2D eigenvalue weighted by molar-refractivity contribution is -0.143. The lowest BCUT2D eigenvalue weighted by Crippen LogP contribution is -2.34. The number of esters is 1. The van der Waals surface area contributed by atoms with Crippen LogP contribution >= 0.6 is 22.9 Å². The van der Waals surface area contributed by atoms with Crippen molar-refractivity contribution >= 4 is 34.8 Å². The SMILES string of the molecule is COC(=O)C(NC(=O)c1sc(COc2ccc(Cl)cc2)nc1C)c1ccccc1. The fourth-order valence-electron chi connectivity index (χ4n) is 2.64. The van der Waals surface area contributed by atoms with E-state index in [2.05, 4.69) is 10.3 Å². The highest BCUT2D eigenvalue weighted by Gasteiger charge is 2.26. The van der Waals surface area contributed by atoms with E-state index >= 15 is 0 Å². The van der Waals surface area contributed by atoms with Gasteiger partial charge in [0, 0.05) is 5.02 Å². The number of ether oxygens (including phenoxy) is 2. The number of amides is 1. The van der Waals surface area contributed by atoms with Crippen LogP contribution in [0.15, 0.2) is 54.6 Å². The van der Waals surface area contributed by atoms with Gasteiger partial charge in [-0.3, -0.25) is 4.79 Å². The van der Waals surface area contributed by atoms with Gasteiger partial charge in [0.05, 0.1) is 12.8 Å². The highest BCUT2D eigenvalue weighted by Crippen LogP contribution is 2.23. The number of thiazole rings is 1. The Bertz CT molecular complexity index is 990. The highest BCUT2D eigenvalue weighted by molar-refractivity contribution is 7.13. The van der Waals surface area contributed by atoms with Gasteiger partial charge < -0.3 is 14.8 Å². The van der Waals surface area contributed by atoms with Crippen LogP contribution in [0.2, 0.25) is 5.02 Å². The first-order chi connectivity index (χ1) is 14.0. The molecule has 0 radical (unpaired) electrons. The predicted molar refractivity (Wildman–Crippen MR) is 111 cm³/mol. The van der Waals surface area contributed by atoms with E-state index in [4.69, 9.17) is 21.1 Å². The maximum absolute atomic E-state index is 12.8. The molecule has 6 nitrogen and oxygen atoms in total. The number of hydrogen-bond donors (Lipinski definition) is 1. The molecule has 0 aliphatic carbocycles. The molecule has 0 saturated carbocycles. The van der Waals surface area contributed by atoms with Gasteiger partial charge in [-0.15, -0.1) is 11.3 Å². The third-order valence-electron chi connectivity index (χ3n) is 4.07. The minimum Gasteiger partial charge on any atom is -0.486 e. The Balaban J connectivity index is 1.71. The molecule has 3 aromatic rings. The summed E-state index contributed by atoms with van der Waals surface area (Å²) in [4.78, 5) is 29.8. The van der Waals surface area contributed by atoms with E-state index in [1.165, 1.54) is 18.4 Å². The number of methoxy groups -OCH3 is 1. The quantitative estimate of drug-likeness (QED) is 0.564. The smallest absolute Gasteiger partial charge is 0.333 e. The van der Waals surface area contributed by atoms with Crippen molar-refractivity contribution in [3.8, 4) is 5.75 Å². The summed E-state index contributed by atoms with van der Waals surface area (Å²) in [7, 11) is 1.29. The molecular formula is C21H19ClN2O4S. The van der Waals surface area contributed by atoms with E-state index in [0.717, 1.165) is 0 Å². The second kappa shape index (κ2) is 9.54. The third kappa shape index (κ3) is 5.34. The van der Waals surface area contributed by atoms with Gasteiger partial charge in [0.2, 0.25) is 0 Å². The standard InChI is InChI=1S/C21H19ClN2O4S/c1-13-19(29-17(23-13)12-28-16-10-8-15(22)9-11-16)20(25)24-18(21(26)27-2)14-6-4-3-5-7-14/h3-11,18H,12H2,1-2H3,(H,24,25). The van der Waals surface area contributed by atoms with Crippen molar-refractivity contribution in [2.45, 2.75) is 19.6 Å². The van der Waals surface area contributed by atoms with Gasteiger partial charge in [0.1, 0.15) is 22.2 Å². The number of halogens is 1. The second-order valence-corrected chi connectivity index (χ2v) is 7.63. The maximum atomic E-state index is 12.8. The van der Waals surface area contributed by atoms with Crippen LogP contribution in [-0.4, -0.2) is 24.0 Å². The van der Waals surface area contributed by atoms with Gasteiger partial charge in [-0.1, -0.05) is 41.9 Å². The van der Waals surface area contributed by atoms with Crippen LogP contribution in [0, 0.1) is 6.92 Å². The number of benzene rings is 2. The van der Waals surface area contributed by atoms with Crippen molar-refractivity contribution in [1.82, 2.24) is 10.3 Å². The Kier molecular flexibility index (Phi) is 6.85. The zero-order valence-electron chi connectivity index (χ0n) is 15.8. The number of rotatable bonds is 7. The van der Waals surface area contributed by atoms with Crippen molar-refractivity contribution < 1.29 is 19.1 Å². The largest absolute Gasteiger partial charge is 0.486 e. The molecule has 3 rings (SSSR count). The number of nitrogens with one attached hydrogen (secondary N) is 1. The Hall–Kier alpha value is -2.90. The predicted octanol–water partition coefficient (Wildman–Crippen LogP) is 4.33. The van der Waals surface area contributed by atoms with Gasteiger partial charge in [-0.2, -0.15) is 0 Å². The summed E-state index contributed by atoms with van der Waals surface area (Å²) in [5.41, 5.74) is 1.21. The summed E-state index contributed by atoms with van der Waals surface area (Å²) in [6.45, 7) is 1.96. The molecule has 0 fully saturated rings. The van der Waals surface area contributed by atoms with Crippen LogP contribution in [0.5, 0.6) is 5.75 Å². The second-order valence-electron chi connectivity index (χ2n) is 6.11. The van der Waals surface area contributed by atoms with E-state index in [1.807, 2.05) is 6.07 Å². The molecule has 1 heterocycles. The first-order valence-electron chi connectivity index (χ1n) is 8.76. The van der Waals surface area contributed by atoms with Crippen molar-refractivity contribution in [2.24, 2.45) is 0 Å². The molecule has 0 aliphatic rings. The summed E-state index contributed by atoms with van der Waals surface area (Å²) in [5.74, 6) is -0.280. The Morgan fingerprint density at radius 2 is 1.83 bits per heavy atom. The Labute approximate surface area is 177 Å². The molecule has 1 atom stereocenters. The molecule has 0 bridgehead atoms. The van der Waals surface area contributed by atoms with Crippen LogP contribution in [0.4, 0.5) is 0 Å². The molecule has 1 aromatic heterocycles. The average molecular weight is 431 g/mol. The molecule has 150 valence electrons. The molecule has 1 amide bonds. The fourth-order valence-corrected chi connectivity index (χ4v) is 3.65. The molecule has 1 unspecified atom stereocenters. The van der Waals surface area contributed by atoms with Gasteiger partial charge in [-0.05, 0) is 36.8 Å². The van der Waals surface area contributed by atoms with Gasteiger partial charge in [0.15, 0.2) is 6.04 Å². The number of carbonyl (C=O) groups excluding carboxylic acids is 2. The van der Waals surface area contributed by atoms with Gasteiger partial charge in [0.25, 0.3) is 5.91 Å². The zero-order valence-corrected chi connectivity index (χ0v) is 17.4. The molecular weight excluding hydrogens is 412 g/mol. The summed E-state index contributed by atoms with van der Waals surface area (Å²) in [6.07, 6.45) is 0. The maximum Gasteiger partial charge on any atom is 0.333 e. The molecule has 0 saturated heterocycles. The molecule has 1 N–H and O–H groups in total. The summed E-state index contributed by atoms with van der Waals surface area (Å²) in [6, 6.07) is 15.0. The van der Waals surface area contributed by atoms with Crippen LogP contribution in [-0.2, 0) is 16.1 Å². The Morgan fingerprint density at radius 1 is 1.14 bits per heavy atom. The van der Waals surface area contributed by atoms with E-state index in [1.54, 1.807) is 55.5 Å². The first kappa shape index (κ1) is 20.8. The lowest BCUT2D eigenvalue weighted by atomic mass is 10.1. The van der Waals surface area contributed by atoms with E-state index in [9.17, 15) is 9.59 Å². The number of nitrogens with zero attached hydrogens (tertiary/aromatic N) is 1. The van der Waals surface area contributed by atoms with Crippen molar-refractivity contribution in [3.63, 3.8) is 0 Å². The van der Waals surface area contributed by atoms with Gasteiger partial charge in [-0.25, -0.2) is 9.78 Å². The van der Waals surface area contributed by atoms with Crippen LogP contribution in [0.1, 0.15) is 32.0 Å². The summed E-state index contributed by atoms with van der Waals surface area (Å²) in [5, 5.41) is 4.01. The fraction of sp³-hybridized carbons (Fsp3) is 0.190. The molecule has 0 aliphatic heterocycles. The van der Waals surface area contributed by atoms with Crippen LogP contribution < -0.4 is 10.1 Å². The normalized spacial score (nSPS) is 11.6. The third-order valence-corrected chi connectivity index (χ3v) is 5.45. The topological polar surface area (TPSA) is 77.5 Å². The Morgan fingerprint density at radius 3 is 2.48 bits per heavy atom. The monoisotopic (exact) mass is 430 g/mol. The van der Waals surface area contributed by atoms with Gasteiger partial charge >= 0.3 is 5.97 Å². The highest BCUT2D eigenvalue weighted by atomic mass is 35.5. The number of aromatic nitrogens is 1. The van der Waals surface area contributed by atoms with Crippen LogP contribution in [0.25, 0.3) is 0 Å². The molecule has 8 heteroatoms. The molecule has 0 spiro atoms. The van der Waals surface area contributed by atoms with Crippen molar-refractivity contribution in [3.05, 3.63) is 80.8 Å². The molecule has 29 heavy (non-hydrogen) atoms. The minimum absolute atomic E-state index is 0.222. The number of aryl methyl sites for hydroxylation is 1. The average Bonchev–Trinajstić information content (AvgIpc) is 3.12. The van der Waals surface area contributed by atoms with E-state index in [-0.39, 0.29) is 6.61 Å². The minimum atomic E-state index is -0.899. The summed E-state index contributed by atoms with van der Waals surface area (Å²) >= 11 is 7.08. The first-order valence-corrected chi connectivity index (χ1v) is 9.95. The number of hydrogen-bond acceptors (Lipinski definition) is 6. The zero-order chi connectivity index (χ0) is 20.8. The van der Waals surface area contributed by atoms with Crippen molar-refractivity contribution in [1.29, 1.82) is 0 Å². The number of carbonyl (C=O) groups is 2. The van der Waals surface area contributed by atoms with E-state index < -0.39 is 17.9 Å².